The molecule has 14 rings (SSSR count). The number of rotatable bonds is 4. The highest BCUT2D eigenvalue weighted by atomic mass is 32.1. The van der Waals surface area contributed by atoms with E-state index in [-0.39, 0.29) is 0 Å². The quantitative estimate of drug-likeness (QED) is 0.176. The minimum Gasteiger partial charge on any atom is -0.457 e. The fourth-order valence-corrected chi connectivity index (χ4v) is 12.3. The number of nitrogens with zero attached hydrogens (tertiary/aromatic N) is 2. The van der Waals surface area contributed by atoms with Crippen LogP contribution in [0.2, 0.25) is 0 Å². The van der Waals surface area contributed by atoms with Crippen LogP contribution in [0.1, 0.15) is 22.3 Å². The summed E-state index contributed by atoms with van der Waals surface area (Å²) in [6.07, 6.45) is 0. The molecule has 12 aromatic rings. The van der Waals surface area contributed by atoms with E-state index in [0.29, 0.717) is 0 Å². The third kappa shape index (κ3) is 4.73. The number of hydrogen-bond acceptors (Lipinski definition) is 3. The van der Waals surface area contributed by atoms with E-state index in [2.05, 4.69) is 228 Å². The number of para-hydroxylation sites is 3. The van der Waals surface area contributed by atoms with Gasteiger partial charge in [-0.05, 0) is 106 Å². The maximum absolute atomic E-state index is 6.94. The SMILES string of the molecule is c1ccc(N(c2ccc3c(c2)C2(c4ccccc4O3)c3ccccc3-c3cccc4cccc2c34)c2ccc3c4ccccc4n(-c4cccc5sc6ccccc6c45)c3c2)cc1. The van der Waals surface area contributed by atoms with Crippen LogP contribution in [0.3, 0.4) is 0 Å². The zero-order valence-corrected chi connectivity index (χ0v) is 34.8. The Morgan fingerprint density at radius 3 is 1.97 bits per heavy atom. The summed E-state index contributed by atoms with van der Waals surface area (Å²) in [5, 5.41) is 7.56. The van der Waals surface area contributed by atoms with E-state index in [0.717, 1.165) is 45.2 Å². The zero-order chi connectivity index (χ0) is 41.2. The average molecular weight is 821 g/mol. The Morgan fingerprint density at radius 1 is 0.397 bits per heavy atom. The van der Waals surface area contributed by atoms with Crippen LogP contribution in [0.5, 0.6) is 11.5 Å². The van der Waals surface area contributed by atoms with Gasteiger partial charge in [-0.15, -0.1) is 11.3 Å². The second kappa shape index (κ2) is 13.0. The van der Waals surface area contributed by atoms with Crippen molar-refractivity contribution in [2.45, 2.75) is 5.41 Å². The van der Waals surface area contributed by atoms with Crippen LogP contribution in [0.15, 0.2) is 218 Å². The van der Waals surface area contributed by atoms with Gasteiger partial charge in [-0.3, -0.25) is 0 Å². The Labute approximate surface area is 367 Å². The molecule has 3 nitrogen and oxygen atoms in total. The highest BCUT2D eigenvalue weighted by Gasteiger charge is 2.49. The first-order valence-electron chi connectivity index (χ1n) is 21.6. The molecule has 0 bridgehead atoms. The Hall–Kier alpha value is -7.92. The Bertz CT molecular complexity index is 3860. The average Bonchev–Trinajstić information content (AvgIpc) is 3.89. The lowest BCUT2D eigenvalue weighted by Crippen LogP contribution is -2.36. The monoisotopic (exact) mass is 820 g/mol. The minimum absolute atomic E-state index is 0.647. The predicted octanol–water partition coefficient (Wildman–Crippen LogP) is 16.2. The zero-order valence-electron chi connectivity index (χ0n) is 34.0. The first-order valence-corrected chi connectivity index (χ1v) is 22.4. The Kier molecular flexibility index (Phi) is 7.20. The number of hydrogen-bond donors (Lipinski definition) is 0. The van der Waals surface area contributed by atoms with E-state index in [1.165, 1.54) is 75.2 Å². The summed E-state index contributed by atoms with van der Waals surface area (Å²) in [5.41, 5.74) is 13.4. The molecule has 2 aromatic heterocycles. The lowest BCUT2D eigenvalue weighted by molar-refractivity contribution is 0.435. The molecule has 63 heavy (non-hydrogen) atoms. The van der Waals surface area contributed by atoms with Gasteiger partial charge in [0.1, 0.15) is 11.5 Å². The molecule has 1 aliphatic carbocycles. The van der Waals surface area contributed by atoms with Gasteiger partial charge >= 0.3 is 0 Å². The lowest BCUT2D eigenvalue weighted by Gasteiger charge is -2.45. The summed E-state index contributed by atoms with van der Waals surface area (Å²) in [4.78, 5) is 2.42. The van der Waals surface area contributed by atoms with E-state index in [1.807, 2.05) is 11.3 Å². The van der Waals surface area contributed by atoms with Crippen LogP contribution in [0, 0.1) is 0 Å². The summed E-state index contributed by atoms with van der Waals surface area (Å²) >= 11 is 1.86. The number of ether oxygens (including phenoxy) is 1. The van der Waals surface area contributed by atoms with Gasteiger partial charge in [-0.1, -0.05) is 146 Å². The predicted molar refractivity (Wildman–Crippen MR) is 263 cm³/mol. The molecule has 0 saturated carbocycles. The number of fused-ring (bicyclic) bond motifs is 14. The molecule has 2 aliphatic rings. The summed E-state index contributed by atoms with van der Waals surface area (Å²) in [6, 6.07) is 80.2. The molecule has 1 aliphatic heterocycles. The summed E-state index contributed by atoms with van der Waals surface area (Å²) in [5.74, 6) is 1.75. The van der Waals surface area contributed by atoms with Crippen molar-refractivity contribution in [2.24, 2.45) is 0 Å². The van der Waals surface area contributed by atoms with E-state index in [1.54, 1.807) is 0 Å². The van der Waals surface area contributed by atoms with Gasteiger partial charge in [-0.25, -0.2) is 0 Å². The number of anilines is 3. The normalized spacial score (nSPS) is 14.9. The van der Waals surface area contributed by atoms with Gasteiger partial charge in [0, 0.05) is 59.1 Å². The number of benzene rings is 10. The van der Waals surface area contributed by atoms with E-state index < -0.39 is 5.41 Å². The molecule has 4 heteroatoms. The first kappa shape index (κ1) is 34.8. The van der Waals surface area contributed by atoms with E-state index >= 15 is 0 Å². The minimum atomic E-state index is -0.647. The molecular formula is C59H36N2OS. The molecule has 0 saturated heterocycles. The lowest BCUT2D eigenvalue weighted by atomic mass is 9.58. The Morgan fingerprint density at radius 2 is 1.05 bits per heavy atom. The van der Waals surface area contributed by atoms with Crippen LogP contribution >= 0.6 is 11.3 Å². The molecule has 3 heterocycles. The van der Waals surface area contributed by atoms with Crippen molar-refractivity contribution in [1.29, 1.82) is 0 Å². The summed E-state index contributed by atoms with van der Waals surface area (Å²) in [6.45, 7) is 0. The molecule has 1 unspecified atom stereocenters. The standard InChI is InChI=1S/C59H36N2OS/c1-2-17-38(18-3-1)60(40-31-33-43-42-20-5-9-26-50(42)61(52(43)36-40)51-27-14-30-56-58(51)45-21-6-11-29-55(45)63-56)39-32-34-54-49(35-39)59(47-24-8-10-28-53(47)62-54)46-23-7-4-19-41(46)44-22-12-15-37-16-13-25-48(59)57(37)44/h1-36H. The molecule has 0 amide bonds. The molecule has 1 atom stereocenters. The van der Waals surface area contributed by atoms with Gasteiger partial charge in [0.2, 0.25) is 0 Å². The van der Waals surface area contributed by atoms with Gasteiger partial charge in [-0.2, -0.15) is 0 Å². The second-order valence-electron chi connectivity index (χ2n) is 16.8. The van der Waals surface area contributed by atoms with Gasteiger partial charge < -0.3 is 14.2 Å². The first-order chi connectivity index (χ1) is 31.3. The molecule has 294 valence electrons. The molecule has 1 spiro atoms. The van der Waals surface area contributed by atoms with Crippen molar-refractivity contribution in [3.63, 3.8) is 0 Å². The Balaban J connectivity index is 1.05. The summed E-state index contributed by atoms with van der Waals surface area (Å²) in [7, 11) is 0. The highest BCUT2D eigenvalue weighted by Crippen LogP contribution is 2.62. The van der Waals surface area contributed by atoms with Gasteiger partial charge in [0.05, 0.1) is 22.1 Å². The van der Waals surface area contributed by atoms with Gasteiger partial charge in [0.25, 0.3) is 0 Å². The number of aromatic nitrogens is 1. The van der Waals surface area contributed by atoms with Crippen LogP contribution in [-0.4, -0.2) is 4.57 Å². The topological polar surface area (TPSA) is 17.4 Å². The van der Waals surface area contributed by atoms with Gasteiger partial charge in [0.15, 0.2) is 0 Å². The second-order valence-corrected chi connectivity index (χ2v) is 17.8. The maximum atomic E-state index is 6.94. The largest absolute Gasteiger partial charge is 0.457 e. The van der Waals surface area contributed by atoms with Crippen molar-refractivity contribution < 1.29 is 4.74 Å². The van der Waals surface area contributed by atoms with Crippen LogP contribution in [0.4, 0.5) is 17.1 Å². The summed E-state index contributed by atoms with van der Waals surface area (Å²) < 4.78 is 12.0. The van der Waals surface area contributed by atoms with E-state index in [4.69, 9.17) is 4.74 Å². The third-order valence-electron chi connectivity index (χ3n) is 13.6. The van der Waals surface area contributed by atoms with Crippen molar-refractivity contribution >= 4 is 81.1 Å². The molecule has 0 fully saturated rings. The van der Waals surface area contributed by atoms with Crippen molar-refractivity contribution in [1.82, 2.24) is 4.57 Å². The van der Waals surface area contributed by atoms with E-state index in [9.17, 15) is 0 Å². The smallest absolute Gasteiger partial charge is 0.132 e. The molecule has 0 radical (unpaired) electrons. The third-order valence-corrected chi connectivity index (χ3v) is 14.8. The fourth-order valence-electron chi connectivity index (χ4n) is 11.1. The molecule has 10 aromatic carbocycles. The van der Waals surface area contributed by atoms with Crippen LogP contribution in [-0.2, 0) is 5.41 Å². The van der Waals surface area contributed by atoms with Crippen molar-refractivity contribution in [2.75, 3.05) is 4.90 Å². The number of thiophene rings is 1. The van der Waals surface area contributed by atoms with Crippen LogP contribution < -0.4 is 9.64 Å². The maximum Gasteiger partial charge on any atom is 0.132 e. The van der Waals surface area contributed by atoms with Crippen molar-refractivity contribution in [3.05, 3.63) is 241 Å². The molecule has 0 N–H and O–H groups in total. The fraction of sp³-hybridized carbons (Fsp3) is 0.0169. The van der Waals surface area contributed by atoms with Crippen LogP contribution in [0.25, 0.3) is 69.6 Å². The van der Waals surface area contributed by atoms with Crippen molar-refractivity contribution in [3.8, 4) is 28.3 Å². The molecular weight excluding hydrogens is 785 g/mol. The highest BCUT2D eigenvalue weighted by molar-refractivity contribution is 7.25.